The number of hydrogen-bond acceptors (Lipinski definition) is 6. The molecule has 0 aliphatic carbocycles. The van der Waals surface area contributed by atoms with Crippen LogP contribution in [0.4, 0.5) is 11.4 Å². The zero-order valence-electron chi connectivity index (χ0n) is 32.1. The standard InChI is InChI=1S/C43H59N7O3/c1-4-5-6-7-8-9-10-11-12-13-14-15-16-17-18-23-31-53-38-30-22-21-28-36(38)44-39(51)32-49-43(52)41(42(47-49)45-35-27-20-19-25-33(35)2)50-40-34(3)26-24-29-37(40)46-48-50/h19-22,24-30,41H,4-18,23,31-32H2,1-3H3,(H,44,51)(H,45,47). The number of benzene rings is 3. The fourth-order valence-corrected chi connectivity index (χ4v) is 6.97. The van der Waals surface area contributed by atoms with Crippen molar-refractivity contribution in [3.05, 3.63) is 77.9 Å². The molecule has 4 aromatic rings. The average molecular weight is 722 g/mol. The Morgan fingerprint density at radius 1 is 0.774 bits per heavy atom. The number of unbranched alkanes of at least 4 members (excludes halogenated alkanes) is 15. The molecule has 2 amide bonds. The van der Waals surface area contributed by atoms with E-state index >= 15 is 0 Å². The number of aliphatic imine (C=N–C) groups is 1. The van der Waals surface area contributed by atoms with Gasteiger partial charge in [0.2, 0.25) is 5.91 Å². The molecule has 0 bridgehead atoms. The van der Waals surface area contributed by atoms with Crippen LogP contribution < -0.4 is 15.5 Å². The van der Waals surface area contributed by atoms with Crippen molar-refractivity contribution in [3.63, 3.8) is 0 Å². The number of anilines is 1. The minimum atomic E-state index is -0.913. The normalized spacial score (nSPS) is 15.0. The van der Waals surface area contributed by atoms with E-state index in [0.29, 0.717) is 29.4 Å². The molecule has 10 heteroatoms. The third kappa shape index (κ3) is 11.6. The first-order valence-electron chi connectivity index (χ1n) is 20.0. The number of carbonyl (C=O) groups excluding carboxylic acids is 2. The van der Waals surface area contributed by atoms with Crippen LogP contribution in [-0.2, 0) is 9.59 Å². The van der Waals surface area contributed by atoms with Crippen LogP contribution in [0.5, 0.6) is 5.75 Å². The maximum absolute atomic E-state index is 14.0. The van der Waals surface area contributed by atoms with Gasteiger partial charge in [0, 0.05) is 0 Å². The van der Waals surface area contributed by atoms with Crippen LogP contribution in [0.2, 0.25) is 0 Å². The molecule has 0 spiro atoms. The van der Waals surface area contributed by atoms with Crippen LogP contribution in [0.1, 0.15) is 127 Å². The molecule has 1 aromatic heterocycles. The number of nitrogens with zero attached hydrogens (tertiary/aromatic N) is 5. The number of nitrogens with one attached hydrogen (secondary N) is 2. The van der Waals surface area contributed by atoms with Gasteiger partial charge in [0.1, 0.15) is 17.8 Å². The van der Waals surface area contributed by atoms with Crippen LogP contribution >= 0.6 is 0 Å². The van der Waals surface area contributed by atoms with Crippen molar-refractivity contribution < 1.29 is 14.3 Å². The van der Waals surface area contributed by atoms with E-state index in [0.717, 1.165) is 35.2 Å². The Labute approximate surface area is 315 Å². The highest BCUT2D eigenvalue weighted by molar-refractivity contribution is 6.12. The number of ether oxygens (including phenoxy) is 1. The van der Waals surface area contributed by atoms with Crippen molar-refractivity contribution in [1.29, 1.82) is 0 Å². The summed E-state index contributed by atoms with van der Waals surface area (Å²) in [7, 11) is 0. The number of para-hydroxylation sites is 4. The van der Waals surface area contributed by atoms with Gasteiger partial charge >= 0.3 is 0 Å². The van der Waals surface area contributed by atoms with Crippen molar-refractivity contribution in [2.75, 3.05) is 18.5 Å². The molecular weight excluding hydrogens is 663 g/mol. The third-order valence-corrected chi connectivity index (χ3v) is 10.0. The van der Waals surface area contributed by atoms with Gasteiger partial charge in [-0.25, -0.2) is 14.7 Å². The molecule has 5 rings (SSSR count). The number of carbonyl (C=O) groups is 2. The van der Waals surface area contributed by atoms with Gasteiger partial charge in [0.05, 0.1) is 23.5 Å². The maximum Gasteiger partial charge on any atom is 0.274 e. The second kappa shape index (κ2) is 21.1. The Kier molecular flexibility index (Phi) is 15.7. The number of hydrazine groups is 1. The first kappa shape index (κ1) is 39.5. The monoisotopic (exact) mass is 721 g/mol. The topological polar surface area (TPSA) is 114 Å². The van der Waals surface area contributed by atoms with E-state index < -0.39 is 6.04 Å². The smallest absolute Gasteiger partial charge is 0.274 e. The molecule has 284 valence electrons. The summed E-state index contributed by atoms with van der Waals surface area (Å²) in [5.74, 6) is 0.275. The van der Waals surface area contributed by atoms with Crippen molar-refractivity contribution in [2.45, 2.75) is 130 Å². The summed E-state index contributed by atoms with van der Waals surface area (Å²) in [4.78, 5) is 32.2. The Hall–Kier alpha value is -4.73. The van der Waals surface area contributed by atoms with E-state index in [-0.39, 0.29) is 18.4 Å². The lowest BCUT2D eigenvalue weighted by Crippen LogP contribution is -2.41. The molecule has 3 aromatic carbocycles. The summed E-state index contributed by atoms with van der Waals surface area (Å²) < 4.78 is 7.71. The highest BCUT2D eigenvalue weighted by Gasteiger charge is 2.41. The van der Waals surface area contributed by atoms with E-state index in [2.05, 4.69) is 28.0 Å². The van der Waals surface area contributed by atoms with Gasteiger partial charge in [-0.05, 0) is 55.7 Å². The lowest BCUT2D eigenvalue weighted by Gasteiger charge is -2.17. The molecule has 2 heterocycles. The molecule has 1 fully saturated rings. The molecule has 53 heavy (non-hydrogen) atoms. The molecule has 2 N–H and O–H groups in total. The second-order valence-electron chi connectivity index (χ2n) is 14.4. The molecule has 1 atom stereocenters. The zero-order chi connectivity index (χ0) is 37.3. The summed E-state index contributed by atoms with van der Waals surface area (Å²) in [5.41, 5.74) is 7.72. The average Bonchev–Trinajstić information content (AvgIpc) is 3.71. The van der Waals surface area contributed by atoms with E-state index in [4.69, 9.17) is 9.73 Å². The minimum absolute atomic E-state index is 0.235. The van der Waals surface area contributed by atoms with Crippen LogP contribution in [0, 0.1) is 13.8 Å². The SMILES string of the molecule is CCCCCCCCCCCCCCCCCCOc1ccccc1NC(=O)CN1NC(=Nc2ccccc2C)C(n2nnc3cccc(C)c32)C1=O. The summed E-state index contributed by atoms with van der Waals surface area (Å²) in [6.45, 7) is 6.55. The minimum Gasteiger partial charge on any atom is -0.491 e. The van der Waals surface area contributed by atoms with Crippen molar-refractivity contribution >= 4 is 40.1 Å². The number of aromatic nitrogens is 3. The molecule has 1 aliphatic rings. The number of rotatable bonds is 23. The molecule has 1 aliphatic heterocycles. The van der Waals surface area contributed by atoms with E-state index in [1.165, 1.54) is 94.9 Å². The number of amidine groups is 1. The van der Waals surface area contributed by atoms with Gasteiger partial charge in [-0.3, -0.25) is 15.0 Å². The number of fused-ring (bicyclic) bond motifs is 1. The van der Waals surface area contributed by atoms with E-state index in [1.807, 2.05) is 80.6 Å². The quantitative estimate of drug-likeness (QED) is 0.0738. The zero-order valence-corrected chi connectivity index (χ0v) is 32.1. The predicted molar refractivity (Wildman–Crippen MR) is 215 cm³/mol. The lowest BCUT2D eigenvalue weighted by molar-refractivity contribution is -0.135. The highest BCUT2D eigenvalue weighted by atomic mass is 16.5. The molecule has 10 nitrogen and oxygen atoms in total. The van der Waals surface area contributed by atoms with Crippen molar-refractivity contribution in [2.24, 2.45) is 4.99 Å². The van der Waals surface area contributed by atoms with Crippen LogP contribution in [0.3, 0.4) is 0 Å². The summed E-state index contributed by atoms with van der Waals surface area (Å²) in [6, 6.07) is 20.0. The van der Waals surface area contributed by atoms with Crippen molar-refractivity contribution in [1.82, 2.24) is 25.4 Å². The Morgan fingerprint density at radius 2 is 1.38 bits per heavy atom. The first-order chi connectivity index (χ1) is 26.0. The molecular formula is C43H59N7O3. The van der Waals surface area contributed by atoms with E-state index in [1.54, 1.807) is 4.68 Å². The van der Waals surface area contributed by atoms with Crippen LogP contribution in [0.25, 0.3) is 11.0 Å². The molecule has 1 unspecified atom stereocenters. The fraction of sp³-hybridized carbons (Fsp3) is 0.512. The van der Waals surface area contributed by atoms with Crippen LogP contribution in [-0.4, -0.2) is 50.8 Å². The van der Waals surface area contributed by atoms with Gasteiger partial charge < -0.3 is 10.1 Å². The Bertz CT molecular complexity index is 1780. The van der Waals surface area contributed by atoms with Gasteiger partial charge in [0.15, 0.2) is 11.9 Å². The first-order valence-corrected chi connectivity index (χ1v) is 20.0. The Morgan fingerprint density at radius 3 is 2.06 bits per heavy atom. The van der Waals surface area contributed by atoms with Gasteiger partial charge in [-0.1, -0.05) is 151 Å². The maximum atomic E-state index is 14.0. The number of hydrogen-bond donors (Lipinski definition) is 2. The fourth-order valence-electron chi connectivity index (χ4n) is 6.97. The van der Waals surface area contributed by atoms with Crippen molar-refractivity contribution in [3.8, 4) is 5.75 Å². The van der Waals surface area contributed by atoms with Gasteiger partial charge in [0.25, 0.3) is 5.91 Å². The molecule has 1 saturated heterocycles. The summed E-state index contributed by atoms with van der Waals surface area (Å²) in [5, 5.41) is 12.9. The summed E-state index contributed by atoms with van der Waals surface area (Å²) >= 11 is 0. The second-order valence-corrected chi connectivity index (χ2v) is 14.4. The van der Waals surface area contributed by atoms with Gasteiger partial charge in [-0.15, -0.1) is 5.10 Å². The summed E-state index contributed by atoms with van der Waals surface area (Å²) in [6.07, 6.45) is 21.2. The number of amides is 2. The predicted octanol–water partition coefficient (Wildman–Crippen LogP) is 9.95. The molecule has 0 radical (unpaired) electrons. The Balaban J connectivity index is 1.07. The highest BCUT2D eigenvalue weighted by Crippen LogP contribution is 2.28. The number of aryl methyl sites for hydroxylation is 2. The lowest BCUT2D eigenvalue weighted by atomic mass is 10.0. The third-order valence-electron chi connectivity index (χ3n) is 10.0. The van der Waals surface area contributed by atoms with Gasteiger partial charge in [-0.2, -0.15) is 0 Å². The van der Waals surface area contributed by atoms with E-state index in [9.17, 15) is 9.59 Å². The molecule has 0 saturated carbocycles. The van der Waals surface area contributed by atoms with Crippen LogP contribution in [0.15, 0.2) is 71.7 Å². The largest absolute Gasteiger partial charge is 0.491 e.